The van der Waals surface area contributed by atoms with Crippen molar-refractivity contribution in [3.05, 3.63) is 42.0 Å². The molecule has 4 heteroatoms. The summed E-state index contributed by atoms with van der Waals surface area (Å²) in [7, 11) is 1.59. The number of fused-ring (bicyclic) bond motifs is 1. The zero-order chi connectivity index (χ0) is 13.2. The number of methoxy groups -OCH3 is 1. The average molecular weight is 255 g/mol. The maximum absolute atomic E-state index is 5.82. The predicted octanol–water partition coefficient (Wildman–Crippen LogP) is 2.76. The summed E-state index contributed by atoms with van der Waals surface area (Å²) in [6.45, 7) is 0.969. The number of pyridine rings is 1. The molecule has 2 heterocycles. The van der Waals surface area contributed by atoms with Crippen molar-refractivity contribution < 1.29 is 4.74 Å². The Morgan fingerprint density at radius 3 is 2.89 bits per heavy atom. The quantitative estimate of drug-likeness (QED) is 0.896. The smallest absolute Gasteiger partial charge is 0.238 e. The molecule has 0 aliphatic carbocycles. The number of para-hydroxylation sites is 1. The molecule has 0 unspecified atom stereocenters. The number of aryl methyl sites for hydroxylation is 1. The van der Waals surface area contributed by atoms with Crippen molar-refractivity contribution in [3.63, 3.8) is 0 Å². The molecule has 1 aromatic carbocycles. The molecular weight excluding hydrogens is 238 g/mol. The Morgan fingerprint density at radius 2 is 2.05 bits per heavy atom. The van der Waals surface area contributed by atoms with E-state index in [0.29, 0.717) is 11.6 Å². The minimum absolute atomic E-state index is 0.487. The highest BCUT2D eigenvalue weighted by Crippen LogP contribution is 2.33. The molecule has 3 rings (SSSR count). The van der Waals surface area contributed by atoms with Gasteiger partial charge in [-0.3, -0.25) is 0 Å². The molecular formula is C15H17N3O. The maximum Gasteiger partial charge on any atom is 0.238 e. The van der Waals surface area contributed by atoms with Gasteiger partial charge in [-0.2, -0.15) is 4.98 Å². The fourth-order valence-electron chi connectivity index (χ4n) is 2.53. The number of benzene rings is 1. The number of hydrogen-bond donors (Lipinski definition) is 1. The van der Waals surface area contributed by atoms with Gasteiger partial charge >= 0.3 is 0 Å². The summed E-state index contributed by atoms with van der Waals surface area (Å²) in [6, 6.07) is 12.2. The Morgan fingerprint density at radius 1 is 1.21 bits per heavy atom. The van der Waals surface area contributed by atoms with Gasteiger partial charge in [0.1, 0.15) is 5.82 Å². The highest BCUT2D eigenvalue weighted by atomic mass is 16.5. The molecule has 98 valence electrons. The lowest BCUT2D eigenvalue weighted by Crippen LogP contribution is -2.25. The van der Waals surface area contributed by atoms with Crippen LogP contribution in [0.5, 0.6) is 5.88 Å². The first-order valence-electron chi connectivity index (χ1n) is 6.45. The minimum atomic E-state index is 0.487. The van der Waals surface area contributed by atoms with Crippen LogP contribution >= 0.6 is 0 Å². The molecule has 0 saturated heterocycles. The van der Waals surface area contributed by atoms with Crippen LogP contribution in [0.25, 0.3) is 0 Å². The second-order valence-corrected chi connectivity index (χ2v) is 4.65. The standard InChI is InChI=1S/C15H17N3O/c1-19-15-12(16)8-9-14(17-15)18-10-4-6-11-5-2-3-7-13(11)18/h2-3,5,7-9H,4,6,10,16H2,1H3. The van der Waals surface area contributed by atoms with Crippen LogP contribution in [0.15, 0.2) is 36.4 Å². The van der Waals surface area contributed by atoms with E-state index in [2.05, 4.69) is 34.1 Å². The van der Waals surface area contributed by atoms with Crippen molar-refractivity contribution in [2.24, 2.45) is 0 Å². The topological polar surface area (TPSA) is 51.4 Å². The lowest BCUT2D eigenvalue weighted by atomic mass is 10.0. The first-order valence-corrected chi connectivity index (χ1v) is 6.45. The summed E-state index contributed by atoms with van der Waals surface area (Å²) in [4.78, 5) is 6.72. The van der Waals surface area contributed by atoms with Gasteiger partial charge in [0.05, 0.1) is 12.8 Å². The Labute approximate surface area is 112 Å². The van der Waals surface area contributed by atoms with Crippen molar-refractivity contribution in [2.75, 3.05) is 24.3 Å². The SMILES string of the molecule is COc1nc(N2CCCc3ccccc32)ccc1N. The number of nitrogen functional groups attached to an aromatic ring is 1. The van der Waals surface area contributed by atoms with Crippen LogP contribution in [-0.2, 0) is 6.42 Å². The Hall–Kier alpha value is -2.23. The number of ether oxygens (including phenoxy) is 1. The minimum Gasteiger partial charge on any atom is -0.479 e. The van der Waals surface area contributed by atoms with E-state index >= 15 is 0 Å². The summed E-state index contributed by atoms with van der Waals surface area (Å²) in [5.74, 6) is 1.37. The van der Waals surface area contributed by atoms with E-state index in [1.54, 1.807) is 7.11 Å². The first-order chi connectivity index (χ1) is 9.29. The number of aromatic nitrogens is 1. The predicted molar refractivity (Wildman–Crippen MR) is 77.0 cm³/mol. The number of hydrogen-bond acceptors (Lipinski definition) is 4. The fraction of sp³-hybridized carbons (Fsp3) is 0.267. The van der Waals surface area contributed by atoms with Gasteiger partial charge < -0.3 is 15.4 Å². The van der Waals surface area contributed by atoms with E-state index in [4.69, 9.17) is 10.5 Å². The average Bonchev–Trinajstić information content (AvgIpc) is 2.47. The van der Waals surface area contributed by atoms with Gasteiger partial charge in [-0.25, -0.2) is 0 Å². The second-order valence-electron chi connectivity index (χ2n) is 4.65. The van der Waals surface area contributed by atoms with Gasteiger partial charge in [-0.1, -0.05) is 18.2 Å². The van der Waals surface area contributed by atoms with E-state index in [-0.39, 0.29) is 0 Å². The Kier molecular flexibility index (Phi) is 2.99. The van der Waals surface area contributed by atoms with Gasteiger partial charge in [0.15, 0.2) is 0 Å². The molecule has 1 aliphatic rings. The molecule has 0 amide bonds. The monoisotopic (exact) mass is 255 g/mol. The van der Waals surface area contributed by atoms with Crippen molar-refractivity contribution >= 4 is 17.2 Å². The fourth-order valence-corrected chi connectivity index (χ4v) is 2.53. The summed E-state index contributed by atoms with van der Waals surface area (Å²) in [5.41, 5.74) is 8.98. The third-order valence-corrected chi connectivity index (χ3v) is 3.46. The molecule has 0 radical (unpaired) electrons. The Balaban J connectivity index is 2.04. The van der Waals surface area contributed by atoms with Crippen molar-refractivity contribution in [1.29, 1.82) is 0 Å². The third-order valence-electron chi connectivity index (χ3n) is 3.46. The molecule has 2 N–H and O–H groups in total. The van der Waals surface area contributed by atoms with Crippen molar-refractivity contribution in [3.8, 4) is 5.88 Å². The van der Waals surface area contributed by atoms with Gasteiger partial charge in [0, 0.05) is 12.2 Å². The van der Waals surface area contributed by atoms with Crippen LogP contribution in [0.1, 0.15) is 12.0 Å². The summed E-state index contributed by atoms with van der Waals surface area (Å²) in [5, 5.41) is 0. The van der Waals surface area contributed by atoms with Crippen molar-refractivity contribution in [2.45, 2.75) is 12.8 Å². The van der Waals surface area contributed by atoms with E-state index in [9.17, 15) is 0 Å². The van der Waals surface area contributed by atoms with E-state index < -0.39 is 0 Å². The van der Waals surface area contributed by atoms with Gasteiger partial charge in [0.2, 0.25) is 5.88 Å². The normalized spacial score (nSPS) is 14.1. The largest absolute Gasteiger partial charge is 0.479 e. The van der Waals surface area contributed by atoms with E-state index in [1.165, 1.54) is 11.3 Å². The van der Waals surface area contributed by atoms with E-state index in [1.807, 2.05) is 12.1 Å². The molecule has 1 aromatic heterocycles. The van der Waals surface area contributed by atoms with Crippen LogP contribution in [0.4, 0.5) is 17.2 Å². The van der Waals surface area contributed by atoms with Crippen LogP contribution in [0, 0.1) is 0 Å². The third kappa shape index (κ3) is 2.10. The number of anilines is 3. The number of rotatable bonds is 2. The molecule has 2 aromatic rings. The molecule has 1 aliphatic heterocycles. The molecule has 0 spiro atoms. The number of nitrogens with zero attached hydrogens (tertiary/aromatic N) is 2. The summed E-state index contributed by atoms with van der Waals surface area (Å²) < 4.78 is 5.20. The molecule has 4 nitrogen and oxygen atoms in total. The zero-order valence-electron chi connectivity index (χ0n) is 11.0. The summed E-state index contributed by atoms with van der Waals surface area (Å²) in [6.07, 6.45) is 2.25. The Bertz CT molecular complexity index is 598. The molecule has 0 fully saturated rings. The van der Waals surface area contributed by atoms with Crippen molar-refractivity contribution in [1.82, 2.24) is 4.98 Å². The highest BCUT2D eigenvalue weighted by Gasteiger charge is 2.19. The molecule has 0 bridgehead atoms. The first kappa shape index (κ1) is 11.8. The van der Waals surface area contributed by atoms with Gasteiger partial charge in [-0.15, -0.1) is 0 Å². The second kappa shape index (κ2) is 4.80. The zero-order valence-corrected chi connectivity index (χ0v) is 11.0. The van der Waals surface area contributed by atoms with Crippen LogP contribution in [-0.4, -0.2) is 18.6 Å². The maximum atomic E-state index is 5.82. The van der Waals surface area contributed by atoms with Crippen LogP contribution in [0.2, 0.25) is 0 Å². The van der Waals surface area contributed by atoms with Crippen LogP contribution < -0.4 is 15.4 Å². The molecule has 0 atom stereocenters. The highest BCUT2D eigenvalue weighted by molar-refractivity contribution is 5.67. The lowest BCUT2D eigenvalue weighted by molar-refractivity contribution is 0.400. The molecule has 0 saturated carbocycles. The van der Waals surface area contributed by atoms with Gasteiger partial charge in [-0.05, 0) is 36.6 Å². The van der Waals surface area contributed by atoms with E-state index in [0.717, 1.165) is 25.2 Å². The lowest BCUT2D eigenvalue weighted by Gasteiger charge is -2.30. The summed E-state index contributed by atoms with van der Waals surface area (Å²) >= 11 is 0. The number of nitrogens with two attached hydrogens (primary N) is 1. The van der Waals surface area contributed by atoms with Gasteiger partial charge in [0.25, 0.3) is 0 Å². The molecule has 19 heavy (non-hydrogen) atoms. The van der Waals surface area contributed by atoms with Crippen LogP contribution in [0.3, 0.4) is 0 Å².